The SMILES string of the molecule is CC.Cc1cc(C(=O)N2CCC3(CC2)C(=O)N(C)CN3c2ccccc2)cc(C(F)(F)F)c1. The van der Waals surface area contributed by atoms with Gasteiger partial charge in [0.2, 0.25) is 5.91 Å². The van der Waals surface area contributed by atoms with Gasteiger partial charge in [-0.25, -0.2) is 0 Å². The van der Waals surface area contributed by atoms with Crippen molar-refractivity contribution < 1.29 is 22.8 Å². The van der Waals surface area contributed by atoms with Crippen molar-refractivity contribution >= 4 is 17.5 Å². The van der Waals surface area contributed by atoms with Gasteiger partial charge in [0.25, 0.3) is 5.91 Å². The normalized spacial score (nSPS) is 17.8. The Morgan fingerprint density at radius 1 is 1.00 bits per heavy atom. The standard InChI is InChI=1S/C23H24F3N3O2.C2H6/c1-16-12-17(14-18(13-16)23(24,25)26)20(30)28-10-8-22(9-11-28)21(31)27(2)15-29(22)19-6-4-3-5-7-19;1-2/h3-7,12-14H,8-11,15H2,1-2H3;1-2H3. The molecule has 2 aliphatic heterocycles. The molecule has 0 aliphatic carbocycles. The van der Waals surface area contributed by atoms with E-state index in [0.29, 0.717) is 38.2 Å². The van der Waals surface area contributed by atoms with Gasteiger partial charge in [-0.2, -0.15) is 13.2 Å². The summed E-state index contributed by atoms with van der Waals surface area (Å²) < 4.78 is 39.5. The van der Waals surface area contributed by atoms with Crippen LogP contribution in [0.15, 0.2) is 48.5 Å². The van der Waals surface area contributed by atoms with Crippen molar-refractivity contribution in [2.75, 3.05) is 31.7 Å². The molecule has 33 heavy (non-hydrogen) atoms. The number of aryl methyl sites for hydroxylation is 1. The molecule has 0 bridgehead atoms. The second kappa shape index (κ2) is 9.45. The predicted molar refractivity (Wildman–Crippen MR) is 122 cm³/mol. The number of carbonyl (C=O) groups excluding carboxylic acids is 2. The van der Waals surface area contributed by atoms with Crippen LogP contribution in [0.3, 0.4) is 0 Å². The van der Waals surface area contributed by atoms with E-state index in [-0.39, 0.29) is 11.5 Å². The third-order valence-corrected chi connectivity index (χ3v) is 6.21. The molecule has 2 amide bonds. The van der Waals surface area contributed by atoms with Gasteiger partial charge in [-0.15, -0.1) is 0 Å². The molecule has 4 rings (SSSR count). The Morgan fingerprint density at radius 3 is 2.18 bits per heavy atom. The largest absolute Gasteiger partial charge is 0.416 e. The Balaban J connectivity index is 0.00000149. The summed E-state index contributed by atoms with van der Waals surface area (Å²) in [6.45, 7) is 6.61. The number of halogens is 3. The van der Waals surface area contributed by atoms with Crippen LogP contribution in [0.1, 0.15) is 48.2 Å². The Bertz CT molecular complexity index is 1000. The van der Waals surface area contributed by atoms with Crippen molar-refractivity contribution in [3.05, 3.63) is 65.2 Å². The monoisotopic (exact) mass is 461 g/mol. The maximum Gasteiger partial charge on any atom is 0.416 e. The first-order valence-electron chi connectivity index (χ1n) is 11.2. The smallest absolute Gasteiger partial charge is 0.339 e. The lowest BCUT2D eigenvalue weighted by molar-refractivity contribution is -0.137. The zero-order chi connectivity index (χ0) is 24.4. The van der Waals surface area contributed by atoms with Crippen molar-refractivity contribution in [1.29, 1.82) is 0 Å². The molecule has 0 saturated carbocycles. The number of rotatable bonds is 2. The minimum Gasteiger partial charge on any atom is -0.339 e. The van der Waals surface area contributed by atoms with Crippen LogP contribution >= 0.6 is 0 Å². The van der Waals surface area contributed by atoms with E-state index in [0.717, 1.165) is 17.8 Å². The number of nitrogens with zero attached hydrogens (tertiary/aromatic N) is 3. The number of benzene rings is 2. The molecule has 1 spiro atoms. The van der Waals surface area contributed by atoms with E-state index >= 15 is 0 Å². The fourth-order valence-corrected chi connectivity index (χ4v) is 4.64. The minimum atomic E-state index is -4.51. The first-order valence-corrected chi connectivity index (χ1v) is 11.2. The van der Waals surface area contributed by atoms with Crippen LogP contribution in [0, 0.1) is 6.92 Å². The summed E-state index contributed by atoms with van der Waals surface area (Å²) >= 11 is 0. The third kappa shape index (κ3) is 4.70. The van der Waals surface area contributed by atoms with Gasteiger partial charge in [-0.05, 0) is 55.7 Å². The average molecular weight is 462 g/mol. The van der Waals surface area contributed by atoms with Crippen LogP contribution in [0.2, 0.25) is 0 Å². The number of hydrogen-bond acceptors (Lipinski definition) is 3. The van der Waals surface area contributed by atoms with Crippen LogP contribution < -0.4 is 4.90 Å². The predicted octanol–water partition coefficient (Wildman–Crippen LogP) is 4.95. The molecule has 2 heterocycles. The lowest BCUT2D eigenvalue weighted by Gasteiger charge is -2.43. The molecule has 5 nitrogen and oxygen atoms in total. The quantitative estimate of drug-likeness (QED) is 0.636. The highest BCUT2D eigenvalue weighted by atomic mass is 19.4. The van der Waals surface area contributed by atoms with Crippen molar-refractivity contribution in [2.24, 2.45) is 0 Å². The fraction of sp³-hybridized carbons (Fsp3) is 0.440. The van der Waals surface area contributed by atoms with E-state index < -0.39 is 23.2 Å². The van der Waals surface area contributed by atoms with Gasteiger partial charge in [-0.1, -0.05) is 32.0 Å². The molecular formula is C25H30F3N3O2. The lowest BCUT2D eigenvalue weighted by Crippen LogP contribution is -2.57. The van der Waals surface area contributed by atoms with Gasteiger partial charge < -0.3 is 14.7 Å². The molecule has 8 heteroatoms. The second-order valence-corrected chi connectivity index (χ2v) is 8.32. The average Bonchev–Trinajstić information content (AvgIpc) is 3.05. The number of likely N-dealkylation sites (N-methyl/N-ethyl adjacent to an activating group) is 1. The number of hydrogen-bond donors (Lipinski definition) is 0. The van der Waals surface area contributed by atoms with Crippen LogP contribution in [-0.4, -0.2) is 54.0 Å². The number of piperidine rings is 1. The highest BCUT2D eigenvalue weighted by molar-refractivity contribution is 5.96. The van der Waals surface area contributed by atoms with E-state index in [4.69, 9.17) is 0 Å². The third-order valence-electron chi connectivity index (χ3n) is 6.21. The number of alkyl halides is 3. The summed E-state index contributed by atoms with van der Waals surface area (Å²) in [7, 11) is 1.76. The van der Waals surface area contributed by atoms with Gasteiger partial charge >= 0.3 is 6.18 Å². The van der Waals surface area contributed by atoms with Gasteiger partial charge in [0.15, 0.2) is 0 Å². The number of anilines is 1. The lowest BCUT2D eigenvalue weighted by atomic mass is 9.85. The fourth-order valence-electron chi connectivity index (χ4n) is 4.64. The highest BCUT2D eigenvalue weighted by Gasteiger charge is 2.53. The van der Waals surface area contributed by atoms with Crippen molar-refractivity contribution in [2.45, 2.75) is 45.3 Å². The summed E-state index contributed by atoms with van der Waals surface area (Å²) in [4.78, 5) is 31.4. The topological polar surface area (TPSA) is 43.9 Å². The molecular weight excluding hydrogens is 431 g/mol. The van der Waals surface area contributed by atoms with E-state index in [1.54, 1.807) is 23.8 Å². The molecule has 2 saturated heterocycles. The molecule has 0 radical (unpaired) electrons. The molecule has 0 atom stereocenters. The van der Waals surface area contributed by atoms with Crippen LogP contribution in [0.25, 0.3) is 0 Å². The van der Waals surface area contributed by atoms with Gasteiger partial charge in [0, 0.05) is 31.4 Å². The van der Waals surface area contributed by atoms with E-state index in [1.165, 1.54) is 6.07 Å². The molecule has 178 valence electrons. The zero-order valence-electron chi connectivity index (χ0n) is 19.4. The van der Waals surface area contributed by atoms with Crippen molar-refractivity contribution in [1.82, 2.24) is 9.80 Å². The maximum atomic E-state index is 13.2. The number of carbonyl (C=O) groups is 2. The minimum absolute atomic E-state index is 0.0124. The van der Waals surface area contributed by atoms with Gasteiger partial charge in [-0.3, -0.25) is 9.59 Å². The van der Waals surface area contributed by atoms with Crippen molar-refractivity contribution in [3.8, 4) is 0 Å². The summed E-state index contributed by atoms with van der Waals surface area (Å²) in [6, 6.07) is 13.1. The molecule has 2 aliphatic rings. The summed E-state index contributed by atoms with van der Waals surface area (Å²) in [6.07, 6.45) is -3.66. The van der Waals surface area contributed by atoms with Crippen LogP contribution in [-0.2, 0) is 11.0 Å². The highest BCUT2D eigenvalue weighted by Crippen LogP contribution is 2.39. The Kier molecular flexibility index (Phi) is 7.05. The molecule has 0 N–H and O–H groups in total. The molecule has 2 fully saturated rings. The zero-order valence-corrected chi connectivity index (χ0v) is 19.4. The first kappa shape index (κ1) is 24.6. The number of amides is 2. The Morgan fingerprint density at radius 2 is 1.61 bits per heavy atom. The summed E-state index contributed by atoms with van der Waals surface area (Å²) in [5, 5.41) is 0. The molecule has 0 aromatic heterocycles. The van der Waals surface area contributed by atoms with Crippen LogP contribution in [0.5, 0.6) is 0 Å². The Hall–Kier alpha value is -3.03. The van der Waals surface area contributed by atoms with Gasteiger partial charge in [0.05, 0.1) is 12.2 Å². The van der Waals surface area contributed by atoms with Crippen LogP contribution in [0.4, 0.5) is 18.9 Å². The Labute approximate surface area is 192 Å². The molecule has 2 aromatic carbocycles. The van der Waals surface area contributed by atoms with Crippen molar-refractivity contribution in [3.63, 3.8) is 0 Å². The summed E-state index contributed by atoms with van der Waals surface area (Å²) in [5.74, 6) is -0.424. The van der Waals surface area contributed by atoms with E-state index in [9.17, 15) is 22.8 Å². The first-order chi connectivity index (χ1) is 15.6. The summed E-state index contributed by atoms with van der Waals surface area (Å²) in [5.41, 5.74) is -0.218. The molecule has 2 aromatic rings. The van der Waals surface area contributed by atoms with Gasteiger partial charge in [0.1, 0.15) is 5.54 Å². The number of para-hydroxylation sites is 1. The molecule has 0 unspecified atom stereocenters. The van der Waals surface area contributed by atoms with E-state index in [1.807, 2.05) is 44.2 Å². The van der Waals surface area contributed by atoms with E-state index in [2.05, 4.69) is 4.90 Å². The maximum absolute atomic E-state index is 13.2. The number of likely N-dealkylation sites (tertiary alicyclic amines) is 1. The second-order valence-electron chi connectivity index (χ2n) is 8.32.